The lowest BCUT2D eigenvalue weighted by molar-refractivity contribution is -0.114. The number of amides is 1. The summed E-state index contributed by atoms with van der Waals surface area (Å²) in [5.41, 5.74) is 5.53. The Morgan fingerprint density at radius 3 is 2.52 bits per heavy atom. The van der Waals surface area contributed by atoms with Gasteiger partial charge in [-0.25, -0.2) is 0 Å². The molecule has 0 aromatic heterocycles. The fourth-order valence-electron chi connectivity index (χ4n) is 2.45. The largest absolute Gasteiger partial charge is 0.497 e. The highest BCUT2D eigenvalue weighted by atomic mass is 16.5. The minimum absolute atomic E-state index is 0.0434. The summed E-state index contributed by atoms with van der Waals surface area (Å²) in [5.74, 6) is 0.819. The topological polar surface area (TPSA) is 38.3 Å². The molecular formula is C18H21NO2. The molecule has 3 heteroatoms. The highest BCUT2D eigenvalue weighted by Crippen LogP contribution is 2.30. The van der Waals surface area contributed by atoms with Crippen LogP contribution in [0.3, 0.4) is 0 Å². The number of benzene rings is 2. The molecule has 0 heterocycles. The summed E-state index contributed by atoms with van der Waals surface area (Å²) in [7, 11) is 1.67. The lowest BCUT2D eigenvalue weighted by atomic mass is 9.97. The molecule has 110 valence electrons. The SMILES string of the molecule is CCc1cc(-c2ccc(OC)cc2C)ccc1NC(C)=O. The average molecular weight is 283 g/mol. The molecule has 0 fully saturated rings. The third-order valence-corrected chi connectivity index (χ3v) is 3.54. The second-order valence-electron chi connectivity index (χ2n) is 5.09. The van der Waals surface area contributed by atoms with Crippen LogP contribution in [0.5, 0.6) is 5.75 Å². The number of rotatable bonds is 4. The van der Waals surface area contributed by atoms with Gasteiger partial charge in [-0.15, -0.1) is 0 Å². The van der Waals surface area contributed by atoms with Crippen LogP contribution in [0.1, 0.15) is 25.0 Å². The van der Waals surface area contributed by atoms with Gasteiger partial charge in [0.1, 0.15) is 5.75 Å². The quantitative estimate of drug-likeness (QED) is 0.913. The number of carbonyl (C=O) groups excluding carboxylic acids is 1. The van der Waals surface area contributed by atoms with E-state index < -0.39 is 0 Å². The molecule has 0 aliphatic rings. The van der Waals surface area contributed by atoms with Gasteiger partial charge in [0.15, 0.2) is 0 Å². The Kier molecular flexibility index (Phi) is 4.63. The van der Waals surface area contributed by atoms with Gasteiger partial charge in [0.2, 0.25) is 5.91 Å². The molecule has 0 atom stereocenters. The molecule has 0 aliphatic carbocycles. The van der Waals surface area contributed by atoms with Gasteiger partial charge in [-0.3, -0.25) is 4.79 Å². The first kappa shape index (κ1) is 15.1. The lowest BCUT2D eigenvalue weighted by Gasteiger charge is -2.13. The molecule has 0 saturated heterocycles. The number of aryl methyl sites for hydroxylation is 2. The molecule has 3 nitrogen and oxygen atoms in total. The van der Waals surface area contributed by atoms with E-state index in [0.717, 1.165) is 29.0 Å². The van der Waals surface area contributed by atoms with Gasteiger partial charge in [0.25, 0.3) is 0 Å². The number of hydrogen-bond donors (Lipinski definition) is 1. The molecule has 0 bridgehead atoms. The molecule has 0 unspecified atom stereocenters. The molecule has 0 spiro atoms. The van der Waals surface area contributed by atoms with Crippen molar-refractivity contribution < 1.29 is 9.53 Å². The first-order valence-corrected chi connectivity index (χ1v) is 7.10. The van der Waals surface area contributed by atoms with Crippen LogP contribution in [0.4, 0.5) is 5.69 Å². The van der Waals surface area contributed by atoms with Crippen LogP contribution < -0.4 is 10.1 Å². The van der Waals surface area contributed by atoms with E-state index in [1.54, 1.807) is 7.11 Å². The Balaban J connectivity index is 2.43. The Labute approximate surface area is 126 Å². The normalized spacial score (nSPS) is 10.3. The third kappa shape index (κ3) is 3.43. The van der Waals surface area contributed by atoms with Crippen LogP contribution in [0.15, 0.2) is 36.4 Å². The van der Waals surface area contributed by atoms with Crippen molar-refractivity contribution in [3.8, 4) is 16.9 Å². The van der Waals surface area contributed by atoms with Gasteiger partial charge >= 0.3 is 0 Å². The molecular weight excluding hydrogens is 262 g/mol. The number of anilines is 1. The molecule has 1 N–H and O–H groups in total. The van der Waals surface area contributed by atoms with Crippen molar-refractivity contribution in [2.45, 2.75) is 27.2 Å². The van der Waals surface area contributed by atoms with Gasteiger partial charge in [-0.05, 0) is 59.9 Å². The van der Waals surface area contributed by atoms with Gasteiger partial charge in [-0.2, -0.15) is 0 Å². The zero-order valence-electron chi connectivity index (χ0n) is 13.0. The van der Waals surface area contributed by atoms with Crippen molar-refractivity contribution in [1.29, 1.82) is 0 Å². The van der Waals surface area contributed by atoms with Crippen LogP contribution in [-0.4, -0.2) is 13.0 Å². The standard InChI is InChI=1S/C18H21NO2/c1-5-14-11-15(6-9-18(14)19-13(3)20)17-8-7-16(21-4)10-12(17)2/h6-11H,5H2,1-4H3,(H,19,20). The van der Waals surface area contributed by atoms with Crippen LogP contribution in [0.25, 0.3) is 11.1 Å². The van der Waals surface area contributed by atoms with Gasteiger partial charge in [-0.1, -0.05) is 19.1 Å². The van der Waals surface area contributed by atoms with Gasteiger partial charge in [0.05, 0.1) is 7.11 Å². The Morgan fingerprint density at radius 2 is 1.95 bits per heavy atom. The highest BCUT2D eigenvalue weighted by molar-refractivity contribution is 5.90. The monoisotopic (exact) mass is 283 g/mol. The predicted molar refractivity (Wildman–Crippen MR) is 86.8 cm³/mol. The molecule has 2 aromatic carbocycles. The molecule has 1 amide bonds. The Morgan fingerprint density at radius 1 is 1.19 bits per heavy atom. The summed E-state index contributed by atoms with van der Waals surface area (Å²) in [5, 5.41) is 2.88. The summed E-state index contributed by atoms with van der Waals surface area (Å²) in [4.78, 5) is 11.2. The molecule has 0 saturated carbocycles. The Hall–Kier alpha value is -2.29. The lowest BCUT2D eigenvalue weighted by Crippen LogP contribution is -2.08. The van der Waals surface area contributed by atoms with Crippen molar-refractivity contribution in [2.24, 2.45) is 0 Å². The van der Waals surface area contributed by atoms with Crippen molar-refractivity contribution in [3.05, 3.63) is 47.5 Å². The van der Waals surface area contributed by atoms with E-state index in [2.05, 4.69) is 31.3 Å². The average Bonchev–Trinajstić information content (AvgIpc) is 2.47. The first-order valence-electron chi connectivity index (χ1n) is 7.10. The third-order valence-electron chi connectivity index (χ3n) is 3.54. The van der Waals surface area contributed by atoms with E-state index in [-0.39, 0.29) is 5.91 Å². The van der Waals surface area contributed by atoms with Gasteiger partial charge < -0.3 is 10.1 Å². The molecule has 2 rings (SSSR count). The van der Waals surface area contributed by atoms with Crippen LogP contribution >= 0.6 is 0 Å². The Bertz CT molecular complexity index is 662. The van der Waals surface area contributed by atoms with Crippen LogP contribution in [-0.2, 0) is 11.2 Å². The summed E-state index contributed by atoms with van der Waals surface area (Å²) in [6.45, 7) is 5.69. The number of methoxy groups -OCH3 is 1. The van der Waals surface area contributed by atoms with Crippen molar-refractivity contribution in [3.63, 3.8) is 0 Å². The molecule has 2 aromatic rings. The second-order valence-corrected chi connectivity index (χ2v) is 5.09. The summed E-state index contributed by atoms with van der Waals surface area (Å²) < 4.78 is 5.25. The number of carbonyl (C=O) groups is 1. The summed E-state index contributed by atoms with van der Waals surface area (Å²) in [6, 6.07) is 12.2. The van der Waals surface area contributed by atoms with Crippen molar-refractivity contribution in [1.82, 2.24) is 0 Å². The van der Waals surface area contributed by atoms with E-state index in [0.29, 0.717) is 0 Å². The van der Waals surface area contributed by atoms with Crippen LogP contribution in [0.2, 0.25) is 0 Å². The second kappa shape index (κ2) is 6.44. The minimum atomic E-state index is -0.0434. The summed E-state index contributed by atoms with van der Waals surface area (Å²) >= 11 is 0. The highest BCUT2D eigenvalue weighted by Gasteiger charge is 2.08. The number of hydrogen-bond acceptors (Lipinski definition) is 2. The van der Waals surface area contributed by atoms with E-state index in [1.807, 2.05) is 24.3 Å². The zero-order valence-corrected chi connectivity index (χ0v) is 13.0. The molecule has 21 heavy (non-hydrogen) atoms. The van der Waals surface area contributed by atoms with Crippen LogP contribution in [0, 0.1) is 6.92 Å². The van der Waals surface area contributed by atoms with E-state index in [4.69, 9.17) is 4.74 Å². The number of ether oxygens (including phenoxy) is 1. The summed E-state index contributed by atoms with van der Waals surface area (Å²) in [6.07, 6.45) is 0.874. The van der Waals surface area contributed by atoms with E-state index in [9.17, 15) is 4.79 Å². The van der Waals surface area contributed by atoms with Gasteiger partial charge in [0, 0.05) is 12.6 Å². The van der Waals surface area contributed by atoms with E-state index in [1.165, 1.54) is 18.1 Å². The zero-order chi connectivity index (χ0) is 15.4. The maximum absolute atomic E-state index is 11.2. The maximum atomic E-state index is 11.2. The molecule has 0 radical (unpaired) electrons. The predicted octanol–water partition coefficient (Wildman–Crippen LogP) is 4.19. The van der Waals surface area contributed by atoms with Crippen molar-refractivity contribution in [2.75, 3.05) is 12.4 Å². The fourth-order valence-corrected chi connectivity index (χ4v) is 2.45. The number of nitrogens with one attached hydrogen (secondary N) is 1. The van der Waals surface area contributed by atoms with E-state index >= 15 is 0 Å². The van der Waals surface area contributed by atoms with Crippen molar-refractivity contribution >= 4 is 11.6 Å². The fraction of sp³-hybridized carbons (Fsp3) is 0.278. The minimum Gasteiger partial charge on any atom is -0.497 e. The first-order chi connectivity index (χ1) is 10.0. The maximum Gasteiger partial charge on any atom is 0.221 e. The smallest absolute Gasteiger partial charge is 0.221 e. The molecule has 0 aliphatic heterocycles.